The van der Waals surface area contributed by atoms with Gasteiger partial charge in [-0.15, -0.1) is 0 Å². The number of sulfonamides is 1. The Morgan fingerprint density at radius 3 is 2.46 bits per heavy atom. The molecule has 2 fully saturated rings. The minimum atomic E-state index is -4.92. The largest absolute Gasteiger partial charge is 0.471 e. The monoisotopic (exact) mass is 1010 g/mol. The summed E-state index contributed by atoms with van der Waals surface area (Å²) in [5, 5.41) is 15.0. The zero-order valence-corrected chi connectivity index (χ0v) is 39.8. The maximum absolute atomic E-state index is 14.1. The highest BCUT2D eigenvalue weighted by molar-refractivity contribution is 7.90. The average Bonchev–Trinajstić information content (AvgIpc) is 3.79. The quantitative estimate of drug-likeness (QED) is 0.0425. The lowest BCUT2D eigenvalue weighted by Crippen LogP contribution is -2.47. The number of nitrogens with one attached hydrogen (secondary N) is 2. The number of piperazine rings is 1. The van der Waals surface area contributed by atoms with Crippen LogP contribution in [0.25, 0.3) is 17.0 Å². The average molecular weight is 1010 g/mol. The van der Waals surface area contributed by atoms with E-state index in [0.717, 1.165) is 54.7 Å². The number of nitrogens with zero attached hydrogens (tertiary/aromatic N) is 5. The Kier molecular flexibility index (Phi) is 14.7. The van der Waals surface area contributed by atoms with Gasteiger partial charge in [0.1, 0.15) is 29.7 Å². The van der Waals surface area contributed by atoms with Crippen LogP contribution in [0.1, 0.15) is 54.6 Å². The lowest BCUT2D eigenvalue weighted by molar-refractivity contribution is -0.384. The van der Waals surface area contributed by atoms with E-state index in [1.54, 1.807) is 36.4 Å². The standard InChI is InChI=1S/C46H51F3N7O12PS/c1-45(2)13-11-32(39(24-45)30-3-5-33(6-4-30)46(47,48)49)26-53-15-17-54(18-16-53)34-7-9-38(42(22-34)68-35-21-31-12-14-50-43(31)55(27-35)29-67-69(60,61)62)44(57)52-70(63,64)37-8-10-40(41(23-37)56(58)59)51-25-36-28-65-19-20-66-36/h3-10,12,14,21-23,27,36,51H,11,13,15-20,24-26,28-29H2,1-2H3,(H,52,57)(H2,60,61,62)/t36-/m0/s1. The number of phosphoric ester groups is 1. The van der Waals surface area contributed by atoms with E-state index >= 15 is 0 Å². The summed E-state index contributed by atoms with van der Waals surface area (Å²) in [5.41, 5.74) is 2.58. The minimum Gasteiger partial charge on any atom is -0.455 e. The molecular formula is C46H51F3N7O12PS. The van der Waals surface area contributed by atoms with Crippen LogP contribution in [0.4, 0.5) is 30.2 Å². The van der Waals surface area contributed by atoms with Crippen molar-refractivity contribution < 1.29 is 64.4 Å². The second-order valence-electron chi connectivity index (χ2n) is 18.0. The van der Waals surface area contributed by atoms with Gasteiger partial charge in [0.15, 0.2) is 0 Å². The molecule has 0 spiro atoms. The first kappa shape index (κ1) is 50.5. The van der Waals surface area contributed by atoms with Gasteiger partial charge in [0.05, 0.1) is 53.1 Å². The number of carbonyl (C=O) groups is 1. The molecule has 0 saturated carbocycles. The van der Waals surface area contributed by atoms with Crippen molar-refractivity contribution in [3.8, 4) is 22.9 Å². The number of carbonyl (C=O) groups excluding carboxylic acids is 1. The highest BCUT2D eigenvalue weighted by Crippen LogP contribution is 2.44. The van der Waals surface area contributed by atoms with Crippen LogP contribution in [-0.4, -0.2) is 109 Å². The number of aromatic nitrogens is 2. The van der Waals surface area contributed by atoms with Gasteiger partial charge in [0.2, 0.25) is 0 Å². The predicted molar refractivity (Wildman–Crippen MR) is 250 cm³/mol. The molecule has 374 valence electrons. The molecule has 3 aromatic rings. The number of allylic oxidation sites excluding steroid dienone is 1. The van der Waals surface area contributed by atoms with Crippen LogP contribution in [0.5, 0.6) is 11.5 Å². The van der Waals surface area contributed by atoms with Gasteiger partial charge in [0.25, 0.3) is 21.6 Å². The Morgan fingerprint density at radius 1 is 1.01 bits per heavy atom. The van der Waals surface area contributed by atoms with Crippen LogP contribution in [0.3, 0.4) is 0 Å². The summed E-state index contributed by atoms with van der Waals surface area (Å²) in [6.07, 6.45) is 0.429. The number of nitro groups is 1. The second-order valence-corrected chi connectivity index (χ2v) is 20.9. The number of halogens is 3. The normalized spacial score (nSPS) is 18.2. The van der Waals surface area contributed by atoms with Crippen molar-refractivity contribution in [1.82, 2.24) is 19.2 Å². The first-order chi connectivity index (χ1) is 33.1. The Labute approximate surface area is 401 Å². The van der Waals surface area contributed by atoms with Crippen molar-refractivity contribution in [2.24, 2.45) is 5.41 Å². The number of alkyl halides is 3. The number of nitro benzene ring substituents is 1. The molecule has 4 heterocycles. The first-order valence-corrected chi connectivity index (χ1v) is 25.2. The highest BCUT2D eigenvalue weighted by Gasteiger charge is 2.33. The summed E-state index contributed by atoms with van der Waals surface area (Å²) in [6, 6.07) is 16.3. The van der Waals surface area contributed by atoms with Gasteiger partial charge in [-0.3, -0.25) is 24.3 Å². The van der Waals surface area contributed by atoms with E-state index < -0.39 is 57.7 Å². The van der Waals surface area contributed by atoms with Gasteiger partial charge in [-0.05, 0) is 84.3 Å². The van der Waals surface area contributed by atoms with Crippen LogP contribution in [0, 0.1) is 15.5 Å². The van der Waals surface area contributed by atoms with E-state index in [9.17, 15) is 50.8 Å². The van der Waals surface area contributed by atoms with Gasteiger partial charge in [-0.25, -0.2) is 22.7 Å². The van der Waals surface area contributed by atoms with Gasteiger partial charge >= 0.3 is 14.0 Å². The number of ether oxygens (including phenoxy) is 3. The third-order valence-electron chi connectivity index (χ3n) is 12.4. The third kappa shape index (κ3) is 12.3. The van der Waals surface area contributed by atoms with E-state index in [-0.39, 0.29) is 47.4 Å². The van der Waals surface area contributed by atoms with E-state index in [2.05, 4.69) is 33.9 Å². The Hall–Kier alpha value is -5.91. The van der Waals surface area contributed by atoms with E-state index in [1.165, 1.54) is 34.7 Å². The molecule has 0 aromatic heterocycles. The van der Waals surface area contributed by atoms with Crippen molar-refractivity contribution in [1.29, 1.82) is 0 Å². The molecule has 1 atom stereocenters. The summed E-state index contributed by atoms with van der Waals surface area (Å²) in [4.78, 5) is 52.3. The molecule has 0 radical (unpaired) electrons. The van der Waals surface area contributed by atoms with Gasteiger partial charge in [0, 0.05) is 68.8 Å². The van der Waals surface area contributed by atoms with Crippen LogP contribution in [-0.2, 0) is 41.5 Å². The molecule has 1 amide bonds. The molecule has 2 saturated heterocycles. The van der Waals surface area contributed by atoms with Crippen LogP contribution >= 0.6 is 7.82 Å². The number of hydrogen-bond donors (Lipinski definition) is 4. The highest BCUT2D eigenvalue weighted by atomic mass is 32.2. The van der Waals surface area contributed by atoms with E-state index in [4.69, 9.17) is 18.7 Å². The van der Waals surface area contributed by atoms with Gasteiger partial charge in [-0.2, -0.15) is 13.2 Å². The predicted octanol–water partition coefficient (Wildman–Crippen LogP) is 7.51. The van der Waals surface area contributed by atoms with Crippen LogP contribution in [0.15, 0.2) is 95.7 Å². The summed E-state index contributed by atoms with van der Waals surface area (Å²) in [6.45, 7) is 7.75. The molecule has 5 aliphatic rings. The number of hydrogen-bond acceptors (Lipinski definition) is 14. The summed E-state index contributed by atoms with van der Waals surface area (Å²) in [5.74, 6) is -0.885. The fourth-order valence-electron chi connectivity index (χ4n) is 8.69. The van der Waals surface area contributed by atoms with Crippen molar-refractivity contribution in [2.75, 3.05) is 69.3 Å². The molecule has 0 unspecified atom stereocenters. The fraction of sp³-hybridized carbons (Fsp3) is 0.391. The number of benzene rings is 3. The number of pyridine rings is 1. The molecule has 0 bridgehead atoms. The SMILES string of the molecule is CC1(C)CCC(CN2CCN(c3ccc(C(=O)NS(=O)(=O)c4ccc(NC[C@H]5COCCO5)c([N+](=O)[O-])c4)c(Oc4cc5ccnc-5n(COP(=O)(O)O)c4)c3)CC2)=C(c2ccc(C(F)(F)F)cc2)C1. The molecule has 4 N–H and O–H groups in total. The number of fused-ring (bicyclic) bond motifs is 1. The molecule has 1 aliphatic carbocycles. The third-order valence-corrected chi connectivity index (χ3v) is 14.2. The van der Waals surface area contributed by atoms with E-state index in [0.29, 0.717) is 63.0 Å². The Balaban J connectivity index is 1.04. The zero-order valence-electron chi connectivity index (χ0n) is 38.1. The van der Waals surface area contributed by atoms with Crippen molar-refractivity contribution in [3.05, 3.63) is 118 Å². The molecule has 8 rings (SSSR count). The number of amides is 1. The summed E-state index contributed by atoms with van der Waals surface area (Å²) in [7, 11) is -9.66. The fourth-order valence-corrected chi connectivity index (χ4v) is 9.95. The lowest BCUT2D eigenvalue weighted by atomic mass is 9.72. The van der Waals surface area contributed by atoms with Crippen molar-refractivity contribution in [2.45, 2.75) is 57.0 Å². The molecule has 70 heavy (non-hydrogen) atoms. The Bertz CT molecular complexity index is 2900. The summed E-state index contributed by atoms with van der Waals surface area (Å²) < 4.78 is 105. The second kappa shape index (κ2) is 20.4. The van der Waals surface area contributed by atoms with E-state index in [1.807, 2.05) is 4.72 Å². The Morgan fingerprint density at radius 2 is 1.77 bits per heavy atom. The minimum absolute atomic E-state index is 0.0232. The maximum atomic E-state index is 14.1. The zero-order chi connectivity index (χ0) is 50.0. The maximum Gasteiger partial charge on any atom is 0.471 e. The molecule has 4 aliphatic heterocycles. The van der Waals surface area contributed by atoms with Crippen molar-refractivity contribution in [3.63, 3.8) is 0 Å². The number of phosphoric acid groups is 1. The summed E-state index contributed by atoms with van der Waals surface area (Å²) >= 11 is 0. The number of anilines is 2. The topological polar surface area (TPSA) is 237 Å². The number of rotatable bonds is 16. The molecule has 24 heteroatoms. The lowest BCUT2D eigenvalue weighted by Gasteiger charge is -2.39. The smallest absolute Gasteiger partial charge is 0.455 e. The van der Waals surface area contributed by atoms with Crippen molar-refractivity contribution >= 4 is 46.4 Å². The molecular weight excluding hydrogens is 963 g/mol. The first-order valence-electron chi connectivity index (χ1n) is 22.2. The molecule has 19 nitrogen and oxygen atoms in total. The molecule has 3 aromatic carbocycles. The van der Waals surface area contributed by atoms with Gasteiger partial charge in [-0.1, -0.05) is 31.6 Å². The van der Waals surface area contributed by atoms with Gasteiger partial charge < -0.3 is 38.8 Å². The van der Waals surface area contributed by atoms with Crippen LogP contribution < -0.4 is 19.7 Å². The van der Waals surface area contributed by atoms with Crippen LogP contribution in [0.2, 0.25) is 0 Å².